The first-order valence-electron chi connectivity index (χ1n) is 8.71. The van der Waals surface area contributed by atoms with E-state index in [-0.39, 0.29) is 18.3 Å². The first-order chi connectivity index (χ1) is 12.7. The molecule has 136 valence electrons. The van der Waals surface area contributed by atoms with E-state index in [1.807, 2.05) is 6.20 Å². The van der Waals surface area contributed by atoms with Gasteiger partial charge in [-0.05, 0) is 12.5 Å². The normalized spacial score (nSPS) is 19.3. The highest BCUT2D eigenvalue weighted by Crippen LogP contribution is 2.29. The maximum atomic E-state index is 13.9. The third kappa shape index (κ3) is 3.01. The second-order valence-electron chi connectivity index (χ2n) is 6.39. The van der Waals surface area contributed by atoms with Gasteiger partial charge in [0, 0.05) is 30.4 Å². The lowest BCUT2D eigenvalue weighted by atomic mass is 10.2. The molecule has 1 N–H and O–H groups in total. The molecule has 6 nitrogen and oxygen atoms in total. The molecule has 2 aromatic rings. The van der Waals surface area contributed by atoms with Crippen molar-refractivity contribution in [3.05, 3.63) is 53.4 Å². The van der Waals surface area contributed by atoms with Gasteiger partial charge < -0.3 is 4.90 Å². The molecular formula is C18H20F2N6. The fourth-order valence-electron chi connectivity index (χ4n) is 3.34. The van der Waals surface area contributed by atoms with Crippen molar-refractivity contribution in [1.82, 2.24) is 20.0 Å². The van der Waals surface area contributed by atoms with Crippen LogP contribution in [0.25, 0.3) is 0 Å². The zero-order valence-electron chi connectivity index (χ0n) is 14.5. The molecular weight excluding hydrogens is 338 g/mol. The second kappa shape index (κ2) is 6.95. The van der Waals surface area contributed by atoms with Gasteiger partial charge in [-0.15, -0.1) is 0 Å². The Morgan fingerprint density at radius 1 is 1.31 bits per heavy atom. The Labute approximate surface area is 150 Å². The smallest absolute Gasteiger partial charge is 0.163 e. The molecule has 4 rings (SSSR count). The average molecular weight is 358 g/mol. The van der Waals surface area contributed by atoms with Crippen molar-refractivity contribution in [2.45, 2.75) is 26.1 Å². The van der Waals surface area contributed by atoms with Crippen molar-refractivity contribution in [3.63, 3.8) is 0 Å². The zero-order chi connectivity index (χ0) is 18.1. The van der Waals surface area contributed by atoms with E-state index in [9.17, 15) is 8.78 Å². The van der Waals surface area contributed by atoms with Crippen molar-refractivity contribution in [2.24, 2.45) is 9.98 Å². The van der Waals surface area contributed by atoms with Crippen LogP contribution in [0.3, 0.4) is 0 Å². The van der Waals surface area contributed by atoms with Crippen molar-refractivity contribution < 1.29 is 8.78 Å². The Hall–Kier alpha value is -2.61. The lowest BCUT2D eigenvalue weighted by Gasteiger charge is -2.25. The fourth-order valence-corrected chi connectivity index (χ4v) is 3.34. The molecule has 0 saturated heterocycles. The van der Waals surface area contributed by atoms with E-state index >= 15 is 0 Å². The fraction of sp³-hybridized carbons (Fsp3) is 0.389. The minimum absolute atomic E-state index is 0.170. The van der Waals surface area contributed by atoms with Crippen molar-refractivity contribution in [2.75, 3.05) is 19.8 Å². The maximum absolute atomic E-state index is 13.9. The van der Waals surface area contributed by atoms with E-state index in [4.69, 9.17) is 4.99 Å². The van der Waals surface area contributed by atoms with Crippen LogP contribution >= 0.6 is 0 Å². The van der Waals surface area contributed by atoms with Crippen LogP contribution in [0.1, 0.15) is 30.6 Å². The maximum Gasteiger partial charge on any atom is 0.163 e. The number of benzene rings is 1. The molecule has 0 spiro atoms. The number of hydrogen-bond donors (Lipinski definition) is 1. The predicted octanol–water partition coefficient (Wildman–Crippen LogP) is 2.33. The van der Waals surface area contributed by atoms with Crippen LogP contribution in [0, 0.1) is 11.6 Å². The molecule has 0 saturated carbocycles. The first-order valence-corrected chi connectivity index (χ1v) is 8.71. The molecule has 0 aliphatic carbocycles. The van der Waals surface area contributed by atoms with Crippen LogP contribution in [-0.2, 0) is 6.54 Å². The molecule has 0 fully saturated rings. The van der Waals surface area contributed by atoms with Gasteiger partial charge in [0.25, 0.3) is 0 Å². The van der Waals surface area contributed by atoms with Gasteiger partial charge in [-0.3, -0.25) is 20.0 Å². The van der Waals surface area contributed by atoms with Gasteiger partial charge in [-0.1, -0.05) is 19.1 Å². The van der Waals surface area contributed by atoms with Crippen LogP contribution in [-0.4, -0.2) is 46.0 Å². The summed E-state index contributed by atoms with van der Waals surface area (Å²) < 4.78 is 28.9. The van der Waals surface area contributed by atoms with E-state index in [0.29, 0.717) is 13.2 Å². The molecule has 0 amide bonds. The summed E-state index contributed by atoms with van der Waals surface area (Å²) in [5.41, 5.74) is 2.14. The van der Waals surface area contributed by atoms with Crippen LogP contribution in [0.5, 0.6) is 0 Å². The summed E-state index contributed by atoms with van der Waals surface area (Å²) >= 11 is 0. The van der Waals surface area contributed by atoms with Gasteiger partial charge in [0.1, 0.15) is 5.84 Å². The molecule has 8 heteroatoms. The summed E-state index contributed by atoms with van der Waals surface area (Å²) in [7, 11) is 0. The number of nitrogens with zero attached hydrogens (tertiary/aromatic N) is 5. The molecule has 1 atom stereocenters. The number of amidine groups is 1. The third-order valence-electron chi connectivity index (χ3n) is 4.52. The molecule has 0 radical (unpaired) electrons. The quantitative estimate of drug-likeness (QED) is 0.893. The summed E-state index contributed by atoms with van der Waals surface area (Å²) in [6.07, 6.45) is 4.39. The Balaban J connectivity index is 1.59. The van der Waals surface area contributed by atoms with E-state index < -0.39 is 11.6 Å². The van der Waals surface area contributed by atoms with E-state index in [2.05, 4.69) is 27.2 Å². The van der Waals surface area contributed by atoms with Gasteiger partial charge in [0.05, 0.1) is 25.1 Å². The number of aliphatic imine (C=N–C) groups is 2. The Morgan fingerprint density at radius 3 is 3.04 bits per heavy atom. The highest BCUT2D eigenvalue weighted by molar-refractivity contribution is 6.43. The van der Waals surface area contributed by atoms with Crippen molar-refractivity contribution in [3.8, 4) is 0 Å². The predicted molar refractivity (Wildman–Crippen MR) is 95.2 cm³/mol. The summed E-state index contributed by atoms with van der Waals surface area (Å²) in [6.45, 7) is 4.44. The van der Waals surface area contributed by atoms with E-state index in [1.165, 1.54) is 6.07 Å². The highest BCUT2D eigenvalue weighted by atomic mass is 19.2. The number of halogens is 2. The highest BCUT2D eigenvalue weighted by Gasteiger charge is 2.34. The van der Waals surface area contributed by atoms with Crippen molar-refractivity contribution >= 4 is 11.5 Å². The SMILES string of the molecule is CCCN1C2=NCNCC2=NC1c1cnn(Cc2cccc(F)c2F)c1. The number of hydrogen-bond acceptors (Lipinski definition) is 5. The third-order valence-corrected chi connectivity index (χ3v) is 4.52. The zero-order valence-corrected chi connectivity index (χ0v) is 14.5. The van der Waals surface area contributed by atoms with Gasteiger partial charge in [0.2, 0.25) is 0 Å². The Bertz CT molecular complexity index is 872. The van der Waals surface area contributed by atoms with Crippen LogP contribution in [0.15, 0.2) is 40.6 Å². The monoisotopic (exact) mass is 358 g/mol. The number of rotatable bonds is 5. The lowest BCUT2D eigenvalue weighted by molar-refractivity contribution is 0.341. The lowest BCUT2D eigenvalue weighted by Crippen LogP contribution is -2.41. The first kappa shape index (κ1) is 16.8. The Kier molecular flexibility index (Phi) is 4.50. The molecule has 0 bridgehead atoms. The van der Waals surface area contributed by atoms with Crippen molar-refractivity contribution in [1.29, 1.82) is 0 Å². The standard InChI is InChI=1S/C18H20F2N6/c1-2-6-26-17(24-15-8-21-11-22-18(15)26)13-7-23-25(10-13)9-12-4-3-5-14(19)16(12)20/h3-5,7,10,17,21H,2,6,8-9,11H2,1H3. The summed E-state index contributed by atoms with van der Waals surface area (Å²) in [5, 5.41) is 7.51. The van der Waals surface area contributed by atoms with Crippen LogP contribution in [0.2, 0.25) is 0 Å². The molecule has 3 heterocycles. The molecule has 1 aromatic carbocycles. The number of nitrogens with one attached hydrogen (secondary N) is 1. The van der Waals surface area contributed by atoms with E-state index in [0.717, 1.165) is 36.1 Å². The van der Waals surface area contributed by atoms with Crippen LogP contribution in [0.4, 0.5) is 8.78 Å². The number of aromatic nitrogens is 2. The van der Waals surface area contributed by atoms with Gasteiger partial charge >= 0.3 is 0 Å². The number of fused-ring (bicyclic) bond motifs is 1. The molecule has 26 heavy (non-hydrogen) atoms. The molecule has 1 aromatic heterocycles. The topological polar surface area (TPSA) is 57.8 Å². The molecule has 1 unspecified atom stereocenters. The Morgan fingerprint density at radius 2 is 2.19 bits per heavy atom. The summed E-state index contributed by atoms with van der Waals surface area (Å²) in [5.74, 6) is -0.731. The van der Waals surface area contributed by atoms with Gasteiger partial charge in [-0.25, -0.2) is 8.78 Å². The largest absolute Gasteiger partial charge is 0.329 e. The van der Waals surface area contributed by atoms with Gasteiger partial charge in [0.15, 0.2) is 17.8 Å². The second-order valence-corrected chi connectivity index (χ2v) is 6.39. The molecule has 2 aliphatic rings. The van der Waals surface area contributed by atoms with Crippen LogP contribution < -0.4 is 5.32 Å². The van der Waals surface area contributed by atoms with Gasteiger partial charge in [-0.2, -0.15) is 5.10 Å². The summed E-state index contributed by atoms with van der Waals surface area (Å²) in [4.78, 5) is 11.5. The molecule has 2 aliphatic heterocycles. The minimum Gasteiger partial charge on any atom is -0.329 e. The minimum atomic E-state index is -0.846. The average Bonchev–Trinajstić information content (AvgIpc) is 3.24. The van der Waals surface area contributed by atoms with E-state index in [1.54, 1.807) is 16.9 Å². The summed E-state index contributed by atoms with van der Waals surface area (Å²) in [6, 6.07) is 4.18.